The van der Waals surface area contributed by atoms with E-state index in [4.69, 9.17) is 0 Å². The van der Waals surface area contributed by atoms with Crippen molar-refractivity contribution < 1.29 is 9.18 Å². The number of carbonyl (C=O) groups excluding carboxylic acids is 1. The molecule has 1 amide bonds. The molecule has 3 aromatic rings. The summed E-state index contributed by atoms with van der Waals surface area (Å²) in [7, 11) is 0. The zero-order chi connectivity index (χ0) is 21.3. The van der Waals surface area contributed by atoms with Crippen LogP contribution in [0.25, 0.3) is 11.0 Å². The van der Waals surface area contributed by atoms with Crippen molar-refractivity contribution in [2.75, 3.05) is 13.1 Å². The van der Waals surface area contributed by atoms with Crippen molar-refractivity contribution in [2.24, 2.45) is 4.99 Å². The molecular weight excluding hydrogens is 403 g/mol. The number of nitrogens with zero attached hydrogens (tertiary/aromatic N) is 3. The molecule has 9 heteroatoms. The number of thiazole rings is 1. The second-order valence-corrected chi connectivity index (χ2v) is 7.45. The Morgan fingerprint density at radius 3 is 2.93 bits per heavy atom. The maximum absolute atomic E-state index is 12.8. The van der Waals surface area contributed by atoms with Crippen LogP contribution in [-0.2, 0) is 13.0 Å². The number of aromatic amines is 1. The fourth-order valence-electron chi connectivity index (χ4n) is 2.66. The number of benzene rings is 1. The zero-order valence-electron chi connectivity index (χ0n) is 16.6. The van der Waals surface area contributed by atoms with Crippen LogP contribution in [0.1, 0.15) is 28.2 Å². The van der Waals surface area contributed by atoms with E-state index in [2.05, 4.69) is 37.3 Å². The summed E-state index contributed by atoms with van der Waals surface area (Å²) < 4.78 is 12.8. The van der Waals surface area contributed by atoms with Crippen LogP contribution in [0.4, 0.5) is 4.39 Å². The number of hydrogen-bond acceptors (Lipinski definition) is 6. The molecule has 30 heavy (non-hydrogen) atoms. The number of H-pyrrole nitrogens is 1. The topological polar surface area (TPSA) is 95.1 Å². The molecule has 0 aliphatic carbocycles. The van der Waals surface area contributed by atoms with Crippen LogP contribution in [-0.4, -0.2) is 40.7 Å². The molecule has 0 fully saturated rings. The highest BCUT2D eigenvalue weighted by Gasteiger charge is 2.11. The Balaban J connectivity index is 1.43. The number of rotatable bonds is 10. The van der Waals surface area contributed by atoms with Crippen LogP contribution in [0.5, 0.6) is 0 Å². The molecule has 7 nitrogen and oxygen atoms in total. The van der Waals surface area contributed by atoms with E-state index in [1.807, 2.05) is 24.3 Å². The summed E-state index contributed by atoms with van der Waals surface area (Å²) in [5.41, 5.74) is 2.79. The van der Waals surface area contributed by atoms with E-state index in [0.29, 0.717) is 30.9 Å². The Bertz CT molecular complexity index is 1050. The quantitative estimate of drug-likeness (QED) is 0.263. The minimum Gasteiger partial charge on any atom is -0.345 e. The lowest BCUT2D eigenvalue weighted by molar-refractivity contribution is 0.0952. The normalized spacial score (nSPS) is 12.3. The monoisotopic (exact) mass is 426 g/mol. The number of imidazole rings is 1. The summed E-state index contributed by atoms with van der Waals surface area (Å²) in [6, 6.07) is 7.90. The second-order valence-electron chi connectivity index (χ2n) is 6.51. The van der Waals surface area contributed by atoms with Gasteiger partial charge in [0.2, 0.25) is 0 Å². The molecule has 0 radical (unpaired) electrons. The molecule has 156 valence electrons. The number of nitrogens with one attached hydrogen (secondary N) is 3. The molecule has 0 bridgehead atoms. The predicted molar refractivity (Wildman–Crippen MR) is 118 cm³/mol. The van der Waals surface area contributed by atoms with Crippen molar-refractivity contribution in [1.82, 2.24) is 25.6 Å². The molecule has 0 aliphatic heterocycles. The molecule has 1 aromatic carbocycles. The van der Waals surface area contributed by atoms with Crippen molar-refractivity contribution in [1.29, 1.82) is 0 Å². The van der Waals surface area contributed by atoms with Crippen molar-refractivity contribution >= 4 is 35.0 Å². The van der Waals surface area contributed by atoms with Crippen LogP contribution >= 0.6 is 11.3 Å². The standard InChI is InChI=1S/C21H23FN6OS/c1-14(22)7-8-15(23-2)11-25-21(29)18-13-30-20(28-18)9-10-24-12-19-26-16-5-3-4-6-17(16)27-19/h3-8,13,24H,2,9-12H2,1H3,(H,25,29)(H,26,27)/b14-7+,15-8-. The molecule has 2 aromatic heterocycles. The summed E-state index contributed by atoms with van der Waals surface area (Å²) >= 11 is 1.44. The fraction of sp³-hybridized carbons (Fsp3) is 0.238. The van der Waals surface area contributed by atoms with Crippen LogP contribution in [0.15, 0.2) is 58.3 Å². The molecule has 0 aliphatic rings. The molecule has 0 saturated carbocycles. The number of amides is 1. The van der Waals surface area contributed by atoms with Crippen molar-refractivity contribution in [3.8, 4) is 0 Å². The number of halogens is 1. The Hall–Kier alpha value is -3.17. The zero-order valence-corrected chi connectivity index (χ0v) is 17.4. The van der Waals surface area contributed by atoms with Crippen molar-refractivity contribution in [3.63, 3.8) is 0 Å². The van der Waals surface area contributed by atoms with E-state index in [9.17, 15) is 9.18 Å². The van der Waals surface area contributed by atoms with Crippen molar-refractivity contribution in [3.05, 3.63) is 69.8 Å². The maximum atomic E-state index is 12.8. The molecule has 3 rings (SSSR count). The average Bonchev–Trinajstić information content (AvgIpc) is 3.37. The van der Waals surface area contributed by atoms with Gasteiger partial charge in [0.25, 0.3) is 5.91 Å². The van der Waals surface area contributed by atoms with Crippen LogP contribution in [0, 0.1) is 0 Å². The number of aromatic nitrogens is 3. The summed E-state index contributed by atoms with van der Waals surface area (Å²) in [6.45, 7) is 6.25. The van der Waals surface area contributed by atoms with E-state index >= 15 is 0 Å². The smallest absolute Gasteiger partial charge is 0.271 e. The van der Waals surface area contributed by atoms with Crippen molar-refractivity contribution in [2.45, 2.75) is 19.9 Å². The Kier molecular flexibility index (Phi) is 7.58. The Labute approximate surface area is 177 Å². The predicted octanol–water partition coefficient (Wildman–Crippen LogP) is 3.54. The summed E-state index contributed by atoms with van der Waals surface area (Å²) in [5, 5.41) is 8.63. The summed E-state index contributed by atoms with van der Waals surface area (Å²) in [4.78, 5) is 28.2. The Morgan fingerprint density at radius 2 is 2.17 bits per heavy atom. The molecule has 0 unspecified atom stereocenters. The van der Waals surface area contributed by atoms with E-state index in [0.717, 1.165) is 21.9 Å². The SMILES string of the molecule is C=N/C(=C\C=C(/C)F)CNC(=O)c1csc(CCNCc2nc3ccccc3[nH]2)n1. The molecule has 3 N–H and O–H groups in total. The van der Waals surface area contributed by atoms with Gasteiger partial charge in [0.05, 0.1) is 40.7 Å². The number of allylic oxidation sites excluding steroid dienone is 3. The van der Waals surface area contributed by atoms with Gasteiger partial charge in [-0.2, -0.15) is 0 Å². The lowest BCUT2D eigenvalue weighted by Gasteiger charge is -2.03. The first-order valence-electron chi connectivity index (χ1n) is 9.42. The van der Waals surface area contributed by atoms with Gasteiger partial charge in [0, 0.05) is 18.3 Å². The maximum Gasteiger partial charge on any atom is 0.271 e. The number of hydrogen-bond donors (Lipinski definition) is 3. The number of fused-ring (bicyclic) bond motifs is 1. The van der Waals surface area contributed by atoms with Gasteiger partial charge >= 0.3 is 0 Å². The van der Waals surface area contributed by atoms with Gasteiger partial charge in [0.15, 0.2) is 0 Å². The molecule has 0 saturated heterocycles. The third kappa shape index (κ3) is 6.16. The van der Waals surface area contributed by atoms with E-state index < -0.39 is 0 Å². The van der Waals surface area contributed by atoms with Gasteiger partial charge in [-0.25, -0.2) is 14.4 Å². The van der Waals surface area contributed by atoms with Gasteiger partial charge in [-0.1, -0.05) is 12.1 Å². The number of carbonyl (C=O) groups is 1. The molecule has 0 atom stereocenters. The lowest BCUT2D eigenvalue weighted by Crippen LogP contribution is -2.25. The summed E-state index contributed by atoms with van der Waals surface area (Å²) in [5.74, 6) is 0.233. The largest absolute Gasteiger partial charge is 0.345 e. The lowest BCUT2D eigenvalue weighted by atomic mass is 10.3. The van der Waals surface area contributed by atoms with Gasteiger partial charge in [-0.3, -0.25) is 9.79 Å². The molecule has 2 heterocycles. The first-order valence-corrected chi connectivity index (χ1v) is 10.3. The molecular formula is C21H23FN6OS. The summed E-state index contributed by atoms with van der Waals surface area (Å²) in [6.07, 6.45) is 3.45. The number of aliphatic imine (C=N–C) groups is 1. The van der Waals surface area contributed by atoms with E-state index in [1.54, 1.807) is 5.38 Å². The third-order valence-electron chi connectivity index (χ3n) is 4.17. The molecule has 0 spiro atoms. The average molecular weight is 427 g/mol. The van der Waals surface area contributed by atoms with Gasteiger partial charge in [0.1, 0.15) is 11.5 Å². The van der Waals surface area contributed by atoms with Gasteiger partial charge in [-0.15, -0.1) is 11.3 Å². The highest BCUT2D eigenvalue weighted by molar-refractivity contribution is 7.09. The van der Waals surface area contributed by atoms with Gasteiger partial charge < -0.3 is 15.6 Å². The highest BCUT2D eigenvalue weighted by Crippen LogP contribution is 2.12. The van der Waals surface area contributed by atoms with E-state index in [-0.39, 0.29) is 18.3 Å². The number of para-hydroxylation sites is 2. The Morgan fingerprint density at radius 1 is 1.33 bits per heavy atom. The van der Waals surface area contributed by atoms with Crippen LogP contribution < -0.4 is 10.6 Å². The minimum atomic E-state index is -0.347. The fourth-order valence-corrected chi connectivity index (χ4v) is 3.44. The first kappa shape index (κ1) is 21.5. The van der Waals surface area contributed by atoms with E-state index in [1.165, 1.54) is 30.4 Å². The van der Waals surface area contributed by atoms with Crippen LogP contribution in [0.3, 0.4) is 0 Å². The van der Waals surface area contributed by atoms with Crippen LogP contribution in [0.2, 0.25) is 0 Å². The highest BCUT2D eigenvalue weighted by atomic mass is 32.1. The second kappa shape index (κ2) is 10.6. The first-order chi connectivity index (χ1) is 14.5. The van der Waals surface area contributed by atoms with Gasteiger partial charge in [-0.05, 0) is 37.9 Å². The third-order valence-corrected chi connectivity index (χ3v) is 5.08. The minimum absolute atomic E-state index is 0.151.